The van der Waals surface area contributed by atoms with E-state index in [0.717, 1.165) is 88.4 Å². The SMILES string of the molecule is c1ccc(-c2nc(-c3cc(-c4ccccc4)c4c(c3)oc3ccccc34)nc(-c3cccc4oc5ccc(-n6c7ccccc7c7ccccc76)cc5c34)n2)cc1. The first-order valence-corrected chi connectivity index (χ1v) is 19.0. The van der Waals surface area contributed by atoms with Crippen molar-refractivity contribution < 1.29 is 8.83 Å². The van der Waals surface area contributed by atoms with E-state index < -0.39 is 0 Å². The molecule has 8 aromatic carbocycles. The van der Waals surface area contributed by atoms with Crippen molar-refractivity contribution in [1.82, 2.24) is 19.5 Å². The Morgan fingerprint density at radius 1 is 0.333 bits per heavy atom. The molecule has 6 nitrogen and oxygen atoms in total. The maximum atomic E-state index is 6.54. The second kappa shape index (κ2) is 12.3. The molecule has 0 radical (unpaired) electrons. The predicted octanol–water partition coefficient (Wildman–Crippen LogP) is 13.4. The molecule has 12 aromatic rings. The summed E-state index contributed by atoms with van der Waals surface area (Å²) in [7, 11) is 0. The Hall–Kier alpha value is -7.83. The van der Waals surface area contributed by atoms with Crippen LogP contribution < -0.4 is 0 Å². The molecule has 266 valence electrons. The van der Waals surface area contributed by atoms with Crippen LogP contribution in [0.3, 0.4) is 0 Å². The van der Waals surface area contributed by atoms with Crippen molar-refractivity contribution in [3.63, 3.8) is 0 Å². The maximum Gasteiger partial charge on any atom is 0.164 e. The van der Waals surface area contributed by atoms with E-state index in [-0.39, 0.29) is 0 Å². The zero-order valence-corrected chi connectivity index (χ0v) is 30.4. The highest BCUT2D eigenvalue weighted by molar-refractivity contribution is 6.15. The van der Waals surface area contributed by atoms with E-state index in [9.17, 15) is 0 Å². The molecule has 4 aromatic heterocycles. The minimum atomic E-state index is 0.550. The number of furan rings is 2. The van der Waals surface area contributed by atoms with Crippen LogP contribution in [0.4, 0.5) is 0 Å². The smallest absolute Gasteiger partial charge is 0.164 e. The molecule has 0 fully saturated rings. The molecule has 0 amide bonds. The first-order chi connectivity index (χ1) is 28.2. The van der Waals surface area contributed by atoms with Gasteiger partial charge >= 0.3 is 0 Å². The number of hydrogen-bond donors (Lipinski definition) is 0. The van der Waals surface area contributed by atoms with Crippen LogP contribution >= 0.6 is 0 Å². The Kier molecular flexibility index (Phi) is 6.83. The van der Waals surface area contributed by atoms with Crippen molar-refractivity contribution in [2.45, 2.75) is 0 Å². The van der Waals surface area contributed by atoms with Crippen LogP contribution in [-0.2, 0) is 0 Å². The van der Waals surface area contributed by atoms with Crippen LogP contribution in [0.5, 0.6) is 0 Å². The van der Waals surface area contributed by atoms with E-state index in [1.54, 1.807) is 0 Å². The Bertz CT molecular complexity index is 3470. The fourth-order valence-corrected chi connectivity index (χ4v) is 8.51. The lowest BCUT2D eigenvalue weighted by atomic mass is 9.96. The monoisotopic (exact) mass is 730 g/mol. The van der Waals surface area contributed by atoms with E-state index in [4.69, 9.17) is 23.8 Å². The van der Waals surface area contributed by atoms with Gasteiger partial charge in [-0.25, -0.2) is 15.0 Å². The van der Waals surface area contributed by atoms with Crippen molar-refractivity contribution >= 4 is 65.7 Å². The predicted molar refractivity (Wildman–Crippen MR) is 230 cm³/mol. The molecular formula is C51H30N4O2. The summed E-state index contributed by atoms with van der Waals surface area (Å²) in [6.07, 6.45) is 0. The minimum Gasteiger partial charge on any atom is -0.456 e. The van der Waals surface area contributed by atoms with Crippen molar-refractivity contribution in [3.8, 4) is 51.0 Å². The van der Waals surface area contributed by atoms with E-state index >= 15 is 0 Å². The number of hydrogen-bond acceptors (Lipinski definition) is 5. The zero-order chi connectivity index (χ0) is 37.5. The first kappa shape index (κ1) is 31.5. The highest BCUT2D eigenvalue weighted by Gasteiger charge is 2.21. The lowest BCUT2D eigenvalue weighted by Gasteiger charge is -2.11. The molecule has 0 saturated heterocycles. The molecular weight excluding hydrogens is 701 g/mol. The average molecular weight is 731 g/mol. The Balaban J connectivity index is 1.11. The molecule has 0 N–H and O–H groups in total. The van der Waals surface area contributed by atoms with Gasteiger partial charge in [-0.05, 0) is 65.7 Å². The van der Waals surface area contributed by atoms with Gasteiger partial charge in [-0.2, -0.15) is 0 Å². The standard InChI is InChI=1S/C51H30N4O2/c1-3-14-31(15-4-1)39-28-33(29-46-47(39)37-20-9-12-24-43(37)57-46)50-52-49(32-16-5-2-6-17-32)53-51(54-50)38-21-13-25-45-48(38)40-30-34(26-27-44(40)56-45)55-41-22-10-7-18-35(41)36-19-8-11-23-42(36)55/h1-30H. The number of rotatable bonds is 5. The van der Waals surface area contributed by atoms with E-state index in [0.29, 0.717) is 17.5 Å². The summed E-state index contributed by atoms with van der Waals surface area (Å²) in [6, 6.07) is 62.6. The van der Waals surface area contributed by atoms with Gasteiger partial charge in [0.25, 0.3) is 0 Å². The summed E-state index contributed by atoms with van der Waals surface area (Å²) >= 11 is 0. The van der Waals surface area contributed by atoms with Crippen LogP contribution in [-0.4, -0.2) is 19.5 Å². The third kappa shape index (κ3) is 4.94. The molecule has 57 heavy (non-hydrogen) atoms. The van der Waals surface area contributed by atoms with E-state index in [2.05, 4.69) is 126 Å². The molecule has 0 bridgehead atoms. The second-order valence-corrected chi connectivity index (χ2v) is 14.4. The Morgan fingerprint density at radius 3 is 1.65 bits per heavy atom. The zero-order valence-electron chi connectivity index (χ0n) is 30.4. The summed E-state index contributed by atoms with van der Waals surface area (Å²) < 4.78 is 15.4. The normalized spacial score (nSPS) is 11.9. The fraction of sp³-hybridized carbons (Fsp3) is 0. The second-order valence-electron chi connectivity index (χ2n) is 14.4. The average Bonchev–Trinajstić information content (AvgIpc) is 3.96. The third-order valence-corrected chi connectivity index (χ3v) is 11.0. The molecule has 4 heterocycles. The lowest BCUT2D eigenvalue weighted by Crippen LogP contribution is -2.00. The molecule has 0 atom stereocenters. The molecule has 0 aliphatic rings. The van der Waals surface area contributed by atoms with Crippen molar-refractivity contribution in [2.75, 3.05) is 0 Å². The molecule has 12 rings (SSSR count). The van der Waals surface area contributed by atoms with Gasteiger partial charge in [-0.1, -0.05) is 127 Å². The highest BCUT2D eigenvalue weighted by atomic mass is 16.3. The number of benzene rings is 8. The van der Waals surface area contributed by atoms with Crippen LogP contribution in [0, 0.1) is 0 Å². The Morgan fingerprint density at radius 2 is 0.895 bits per heavy atom. The topological polar surface area (TPSA) is 69.9 Å². The molecule has 0 saturated carbocycles. The van der Waals surface area contributed by atoms with Gasteiger partial charge in [-0.15, -0.1) is 0 Å². The third-order valence-electron chi connectivity index (χ3n) is 11.0. The number of nitrogens with zero attached hydrogens (tertiary/aromatic N) is 4. The van der Waals surface area contributed by atoms with Crippen LogP contribution in [0.2, 0.25) is 0 Å². The summed E-state index contributed by atoms with van der Waals surface area (Å²) in [5.74, 6) is 1.69. The summed E-state index contributed by atoms with van der Waals surface area (Å²) in [5, 5.41) is 6.49. The lowest BCUT2D eigenvalue weighted by molar-refractivity contribution is 0.668. The number of aromatic nitrogens is 4. The van der Waals surface area contributed by atoms with Gasteiger partial charge in [0, 0.05) is 54.7 Å². The molecule has 0 spiro atoms. The van der Waals surface area contributed by atoms with Crippen molar-refractivity contribution in [1.29, 1.82) is 0 Å². The quantitative estimate of drug-likeness (QED) is 0.176. The van der Waals surface area contributed by atoms with Gasteiger partial charge in [0.1, 0.15) is 22.3 Å². The first-order valence-electron chi connectivity index (χ1n) is 19.0. The van der Waals surface area contributed by atoms with Crippen LogP contribution in [0.15, 0.2) is 191 Å². The van der Waals surface area contributed by atoms with Gasteiger partial charge in [0.2, 0.25) is 0 Å². The number of fused-ring (bicyclic) bond motifs is 9. The van der Waals surface area contributed by atoms with Gasteiger partial charge in [0.15, 0.2) is 17.5 Å². The van der Waals surface area contributed by atoms with E-state index in [1.165, 1.54) is 10.8 Å². The minimum absolute atomic E-state index is 0.550. The van der Waals surface area contributed by atoms with Crippen LogP contribution in [0.25, 0.3) is 117 Å². The molecule has 0 aliphatic heterocycles. The summed E-state index contributed by atoms with van der Waals surface area (Å²) in [4.78, 5) is 15.6. The largest absolute Gasteiger partial charge is 0.456 e. The molecule has 6 heteroatoms. The van der Waals surface area contributed by atoms with Gasteiger partial charge < -0.3 is 13.4 Å². The highest BCUT2D eigenvalue weighted by Crippen LogP contribution is 2.42. The van der Waals surface area contributed by atoms with Gasteiger partial charge in [-0.3, -0.25) is 0 Å². The van der Waals surface area contributed by atoms with Crippen LogP contribution in [0.1, 0.15) is 0 Å². The molecule has 0 aliphatic carbocycles. The van der Waals surface area contributed by atoms with E-state index in [1.807, 2.05) is 60.7 Å². The summed E-state index contributed by atoms with van der Waals surface area (Å²) in [5.41, 5.74) is 11.2. The number of para-hydroxylation sites is 3. The fourth-order valence-electron chi connectivity index (χ4n) is 8.51. The van der Waals surface area contributed by atoms with Crippen molar-refractivity contribution in [2.24, 2.45) is 0 Å². The van der Waals surface area contributed by atoms with Gasteiger partial charge in [0.05, 0.1) is 11.0 Å². The maximum absolute atomic E-state index is 6.54. The summed E-state index contributed by atoms with van der Waals surface area (Å²) in [6.45, 7) is 0. The van der Waals surface area contributed by atoms with Crippen molar-refractivity contribution in [3.05, 3.63) is 182 Å². The molecule has 0 unspecified atom stereocenters. The Labute approximate surface area is 325 Å².